The van der Waals surface area contributed by atoms with E-state index in [4.69, 9.17) is 0 Å². The quantitative estimate of drug-likeness (QED) is 0.631. The zero-order chi connectivity index (χ0) is 21.4. The molecule has 4 aliphatic carbocycles. The van der Waals surface area contributed by atoms with E-state index in [0.717, 1.165) is 24.2 Å². The van der Waals surface area contributed by atoms with Gasteiger partial charge in [-0.2, -0.15) is 0 Å². The van der Waals surface area contributed by atoms with Gasteiger partial charge in [-0.05, 0) is 105 Å². The standard InChI is InChI=1S/C26H48N2O/c1-16(27-7)22-19(29)15-26(6)18-9-10-20-23(2,3)21(28-8)12-13-24(20,4)17(18)11-14-25(22,26)5/h16-22,27-29H,9-15H2,1-8H3/t16-,17+,18-,19-,20-,21-,22+,24+,25+,26+/m0/s1. The topological polar surface area (TPSA) is 44.3 Å². The molecule has 0 amide bonds. The molecular weight excluding hydrogens is 356 g/mol. The van der Waals surface area contributed by atoms with E-state index in [2.05, 4.69) is 66.3 Å². The normalized spacial score (nSPS) is 54.9. The Labute approximate surface area is 180 Å². The zero-order valence-corrected chi connectivity index (χ0v) is 20.4. The minimum absolute atomic E-state index is 0.159. The Kier molecular flexibility index (Phi) is 5.28. The highest BCUT2D eigenvalue weighted by Gasteiger charge is 2.69. The van der Waals surface area contributed by atoms with E-state index in [1.165, 1.54) is 38.5 Å². The van der Waals surface area contributed by atoms with Crippen molar-refractivity contribution in [2.45, 2.75) is 105 Å². The maximum absolute atomic E-state index is 11.2. The van der Waals surface area contributed by atoms with Crippen molar-refractivity contribution in [1.82, 2.24) is 10.6 Å². The second-order valence-corrected chi connectivity index (χ2v) is 12.8. The lowest BCUT2D eigenvalue weighted by molar-refractivity contribution is -0.182. The number of nitrogens with one attached hydrogen (secondary N) is 2. The van der Waals surface area contributed by atoms with Gasteiger partial charge in [-0.15, -0.1) is 0 Å². The van der Waals surface area contributed by atoms with E-state index >= 15 is 0 Å². The monoisotopic (exact) mass is 404 g/mol. The maximum Gasteiger partial charge on any atom is 0.0594 e. The minimum atomic E-state index is -0.159. The number of fused-ring (bicyclic) bond motifs is 5. The van der Waals surface area contributed by atoms with Gasteiger partial charge in [-0.1, -0.05) is 34.6 Å². The lowest BCUT2D eigenvalue weighted by Crippen LogP contribution is -2.63. The van der Waals surface area contributed by atoms with Gasteiger partial charge in [0.2, 0.25) is 0 Å². The van der Waals surface area contributed by atoms with E-state index < -0.39 is 0 Å². The average molecular weight is 405 g/mol. The van der Waals surface area contributed by atoms with Gasteiger partial charge in [0.25, 0.3) is 0 Å². The number of hydrogen-bond donors (Lipinski definition) is 3. The van der Waals surface area contributed by atoms with Crippen LogP contribution in [0.2, 0.25) is 0 Å². The fraction of sp³-hybridized carbons (Fsp3) is 1.00. The highest BCUT2D eigenvalue weighted by atomic mass is 16.3. The average Bonchev–Trinajstić information content (AvgIpc) is 2.86. The summed E-state index contributed by atoms with van der Waals surface area (Å²) in [4.78, 5) is 0. The van der Waals surface area contributed by atoms with Crippen molar-refractivity contribution in [3.8, 4) is 0 Å². The Hall–Kier alpha value is -0.120. The van der Waals surface area contributed by atoms with Crippen molar-refractivity contribution in [2.75, 3.05) is 14.1 Å². The van der Waals surface area contributed by atoms with E-state index in [0.29, 0.717) is 28.8 Å². The van der Waals surface area contributed by atoms with Crippen molar-refractivity contribution < 1.29 is 5.11 Å². The third kappa shape index (κ3) is 2.72. The molecule has 3 N–H and O–H groups in total. The summed E-state index contributed by atoms with van der Waals surface area (Å²) in [5.74, 6) is 2.79. The Morgan fingerprint density at radius 3 is 2.17 bits per heavy atom. The van der Waals surface area contributed by atoms with Gasteiger partial charge < -0.3 is 15.7 Å². The van der Waals surface area contributed by atoms with Crippen molar-refractivity contribution in [2.24, 2.45) is 45.3 Å². The molecule has 0 aromatic carbocycles. The van der Waals surface area contributed by atoms with Gasteiger partial charge in [0, 0.05) is 18.0 Å². The van der Waals surface area contributed by atoms with Gasteiger partial charge in [-0.25, -0.2) is 0 Å². The van der Waals surface area contributed by atoms with Crippen LogP contribution in [0.1, 0.15) is 86.5 Å². The first-order valence-corrected chi connectivity index (χ1v) is 12.5. The van der Waals surface area contributed by atoms with Gasteiger partial charge in [0.1, 0.15) is 0 Å². The summed E-state index contributed by atoms with van der Waals surface area (Å²) in [5, 5.41) is 18.4. The van der Waals surface area contributed by atoms with Crippen LogP contribution in [0.15, 0.2) is 0 Å². The molecule has 0 unspecified atom stereocenters. The molecule has 29 heavy (non-hydrogen) atoms. The molecule has 10 atom stereocenters. The van der Waals surface area contributed by atoms with E-state index in [1.807, 2.05) is 0 Å². The molecule has 4 aliphatic rings. The molecule has 3 heteroatoms. The van der Waals surface area contributed by atoms with E-state index in [9.17, 15) is 5.11 Å². The second-order valence-electron chi connectivity index (χ2n) is 12.8. The Bertz CT molecular complexity index is 634. The molecule has 0 saturated heterocycles. The summed E-state index contributed by atoms with van der Waals surface area (Å²) in [6.45, 7) is 15.1. The number of rotatable bonds is 3. The molecule has 4 fully saturated rings. The molecule has 168 valence electrons. The third-order valence-corrected chi connectivity index (χ3v) is 11.9. The van der Waals surface area contributed by atoms with E-state index in [-0.39, 0.29) is 16.9 Å². The summed E-state index contributed by atoms with van der Waals surface area (Å²) in [7, 11) is 4.23. The lowest BCUT2D eigenvalue weighted by atomic mass is 9.38. The van der Waals surface area contributed by atoms with Crippen LogP contribution in [0.5, 0.6) is 0 Å². The summed E-state index contributed by atoms with van der Waals surface area (Å²) >= 11 is 0. The smallest absolute Gasteiger partial charge is 0.0594 e. The van der Waals surface area contributed by atoms with Crippen LogP contribution < -0.4 is 10.6 Å². The van der Waals surface area contributed by atoms with Crippen LogP contribution >= 0.6 is 0 Å². The molecule has 3 nitrogen and oxygen atoms in total. The highest BCUT2D eigenvalue weighted by molar-refractivity contribution is 5.18. The molecule has 0 aromatic heterocycles. The highest BCUT2D eigenvalue weighted by Crippen LogP contribution is 2.74. The van der Waals surface area contributed by atoms with E-state index in [1.54, 1.807) is 0 Å². The second kappa shape index (κ2) is 6.94. The fourth-order valence-electron chi connectivity index (χ4n) is 10.2. The zero-order valence-electron chi connectivity index (χ0n) is 20.4. The maximum atomic E-state index is 11.2. The van der Waals surface area contributed by atoms with Gasteiger partial charge in [0.05, 0.1) is 6.10 Å². The first-order valence-electron chi connectivity index (χ1n) is 12.5. The molecule has 0 heterocycles. The van der Waals surface area contributed by atoms with Gasteiger partial charge in [-0.3, -0.25) is 0 Å². The van der Waals surface area contributed by atoms with Crippen LogP contribution in [0.3, 0.4) is 0 Å². The Morgan fingerprint density at radius 1 is 0.862 bits per heavy atom. The Morgan fingerprint density at radius 2 is 1.55 bits per heavy atom. The van der Waals surface area contributed by atoms with Gasteiger partial charge in [0.15, 0.2) is 0 Å². The number of hydrogen-bond acceptors (Lipinski definition) is 3. The molecule has 4 rings (SSSR count). The predicted molar refractivity (Wildman–Crippen MR) is 122 cm³/mol. The van der Waals surface area contributed by atoms with Crippen LogP contribution in [-0.2, 0) is 0 Å². The summed E-state index contributed by atoms with van der Waals surface area (Å²) < 4.78 is 0. The SMILES string of the molecule is CN[C@@H](C)[C@@H]1[C@@H](O)C[C@]2(C)[C@H]3CC[C@H]4C(C)(C)[C@@H](NC)CC[C@]4(C)[C@@H]3CC[C@]12C. The summed E-state index contributed by atoms with van der Waals surface area (Å²) in [5.41, 5.74) is 1.34. The van der Waals surface area contributed by atoms with Crippen LogP contribution in [0, 0.1) is 45.3 Å². The van der Waals surface area contributed by atoms with Crippen LogP contribution in [-0.4, -0.2) is 37.4 Å². The van der Waals surface area contributed by atoms with Crippen molar-refractivity contribution in [1.29, 1.82) is 0 Å². The van der Waals surface area contributed by atoms with Crippen molar-refractivity contribution >= 4 is 0 Å². The summed E-state index contributed by atoms with van der Waals surface area (Å²) in [6, 6.07) is 1.03. The van der Waals surface area contributed by atoms with Gasteiger partial charge >= 0.3 is 0 Å². The number of aliphatic hydroxyl groups is 1. The van der Waals surface area contributed by atoms with Crippen LogP contribution in [0.25, 0.3) is 0 Å². The molecule has 0 aromatic rings. The molecule has 0 radical (unpaired) electrons. The third-order valence-electron chi connectivity index (χ3n) is 11.9. The first-order chi connectivity index (χ1) is 13.5. The largest absolute Gasteiger partial charge is 0.393 e. The lowest BCUT2D eigenvalue weighted by Gasteiger charge is -2.67. The minimum Gasteiger partial charge on any atom is -0.393 e. The Balaban J connectivity index is 1.69. The predicted octanol–water partition coefficient (Wildman–Crippen LogP) is 4.84. The van der Waals surface area contributed by atoms with Crippen molar-refractivity contribution in [3.63, 3.8) is 0 Å². The fourth-order valence-corrected chi connectivity index (χ4v) is 10.2. The number of aliphatic hydroxyl groups excluding tert-OH is 1. The molecule has 0 spiro atoms. The van der Waals surface area contributed by atoms with Crippen molar-refractivity contribution in [3.05, 3.63) is 0 Å². The molecule has 0 bridgehead atoms. The molecular formula is C26H48N2O. The van der Waals surface area contributed by atoms with Crippen LogP contribution in [0.4, 0.5) is 0 Å². The first kappa shape index (κ1) is 22.1. The molecule has 0 aliphatic heterocycles. The molecule has 4 saturated carbocycles. The summed E-state index contributed by atoms with van der Waals surface area (Å²) in [6.07, 6.45) is 8.93.